The minimum Gasteiger partial charge on any atom is -0.341 e. The normalized spacial score (nSPS) is 16.8. The van der Waals surface area contributed by atoms with E-state index < -0.39 is 0 Å². The van der Waals surface area contributed by atoms with Crippen molar-refractivity contribution < 1.29 is 4.79 Å². The van der Waals surface area contributed by atoms with Crippen molar-refractivity contribution in [3.05, 3.63) is 35.4 Å². The molecule has 1 fully saturated rings. The molecule has 0 bridgehead atoms. The second-order valence-electron chi connectivity index (χ2n) is 5.97. The van der Waals surface area contributed by atoms with Gasteiger partial charge in [-0.15, -0.1) is 0 Å². The Hall–Kier alpha value is -1.35. The van der Waals surface area contributed by atoms with Gasteiger partial charge < -0.3 is 10.6 Å². The van der Waals surface area contributed by atoms with E-state index in [-0.39, 0.29) is 11.3 Å². The zero-order chi connectivity index (χ0) is 13.9. The Bertz CT molecular complexity index is 446. The van der Waals surface area contributed by atoms with E-state index in [0.717, 1.165) is 12.8 Å². The van der Waals surface area contributed by atoms with Crippen molar-refractivity contribution >= 4 is 5.91 Å². The number of aryl methyl sites for hydroxylation is 1. The molecule has 2 rings (SSSR count). The molecule has 1 amide bonds. The molecule has 104 valence electrons. The van der Waals surface area contributed by atoms with Crippen molar-refractivity contribution in [3.8, 4) is 0 Å². The summed E-state index contributed by atoms with van der Waals surface area (Å²) in [4.78, 5) is 14.1. The largest absolute Gasteiger partial charge is 0.341 e. The van der Waals surface area contributed by atoms with Gasteiger partial charge >= 0.3 is 0 Å². The van der Waals surface area contributed by atoms with Crippen LogP contribution in [0.2, 0.25) is 0 Å². The number of carbonyl (C=O) groups excluding carboxylic acids is 1. The monoisotopic (exact) mass is 260 g/mol. The van der Waals surface area contributed by atoms with Crippen LogP contribution in [0, 0.1) is 12.3 Å². The molecule has 0 radical (unpaired) electrons. The van der Waals surface area contributed by atoms with Gasteiger partial charge in [0.15, 0.2) is 0 Å². The molecule has 0 aromatic heterocycles. The van der Waals surface area contributed by atoms with Gasteiger partial charge in [-0.3, -0.25) is 4.79 Å². The molecule has 0 saturated heterocycles. The Labute approximate surface area is 115 Å². The van der Waals surface area contributed by atoms with Gasteiger partial charge in [-0.1, -0.05) is 36.2 Å². The Kier molecular flexibility index (Phi) is 4.25. The molecule has 0 spiro atoms. The molecular formula is C16H24N2O. The summed E-state index contributed by atoms with van der Waals surface area (Å²) < 4.78 is 0. The molecule has 1 aromatic rings. The number of nitrogens with two attached hydrogens (primary N) is 1. The van der Waals surface area contributed by atoms with Gasteiger partial charge in [0, 0.05) is 20.0 Å². The summed E-state index contributed by atoms with van der Waals surface area (Å²) in [6, 6.07) is 8.31. The summed E-state index contributed by atoms with van der Waals surface area (Å²) in [5, 5.41) is 0. The van der Waals surface area contributed by atoms with Crippen LogP contribution in [0.15, 0.2) is 24.3 Å². The zero-order valence-electron chi connectivity index (χ0n) is 12.0. The smallest absolute Gasteiger partial charge is 0.223 e. The summed E-state index contributed by atoms with van der Waals surface area (Å²) in [7, 11) is 1.88. The lowest BCUT2D eigenvalue weighted by Crippen LogP contribution is -2.42. The van der Waals surface area contributed by atoms with Gasteiger partial charge in [-0.2, -0.15) is 0 Å². The standard InChI is InChI=1S/C16H24N2O/c1-13-5-3-6-14(9-13)11-18(2)15(19)10-16(12-17)7-4-8-16/h3,5-6,9H,4,7-8,10-12,17H2,1-2H3. The first-order valence-corrected chi connectivity index (χ1v) is 7.04. The fourth-order valence-corrected chi connectivity index (χ4v) is 2.76. The third-order valence-corrected chi connectivity index (χ3v) is 4.30. The highest BCUT2D eigenvalue weighted by Crippen LogP contribution is 2.43. The van der Waals surface area contributed by atoms with Gasteiger partial charge in [-0.05, 0) is 37.3 Å². The average molecular weight is 260 g/mol. The second-order valence-corrected chi connectivity index (χ2v) is 5.97. The van der Waals surface area contributed by atoms with Crippen molar-refractivity contribution in [3.63, 3.8) is 0 Å². The number of carbonyl (C=O) groups is 1. The molecule has 1 aliphatic rings. The van der Waals surface area contributed by atoms with E-state index in [0.29, 0.717) is 19.5 Å². The summed E-state index contributed by atoms with van der Waals surface area (Å²) in [6.45, 7) is 3.39. The predicted molar refractivity (Wildman–Crippen MR) is 77.6 cm³/mol. The molecule has 0 atom stereocenters. The van der Waals surface area contributed by atoms with E-state index >= 15 is 0 Å². The van der Waals surface area contributed by atoms with E-state index in [2.05, 4.69) is 25.1 Å². The summed E-state index contributed by atoms with van der Waals surface area (Å²) in [5.74, 6) is 0.214. The molecule has 3 heteroatoms. The first-order valence-electron chi connectivity index (χ1n) is 7.04. The van der Waals surface area contributed by atoms with Crippen LogP contribution in [0.4, 0.5) is 0 Å². The number of nitrogens with zero attached hydrogens (tertiary/aromatic N) is 1. The Morgan fingerprint density at radius 1 is 1.42 bits per heavy atom. The van der Waals surface area contributed by atoms with Crippen molar-refractivity contribution in [2.75, 3.05) is 13.6 Å². The van der Waals surface area contributed by atoms with Crippen molar-refractivity contribution in [2.45, 2.75) is 39.2 Å². The molecule has 19 heavy (non-hydrogen) atoms. The number of hydrogen-bond acceptors (Lipinski definition) is 2. The van der Waals surface area contributed by atoms with E-state index in [1.807, 2.05) is 18.0 Å². The first kappa shape index (κ1) is 14.1. The lowest BCUT2D eigenvalue weighted by molar-refractivity contribution is -0.134. The third kappa shape index (κ3) is 3.35. The number of amides is 1. The topological polar surface area (TPSA) is 46.3 Å². The maximum absolute atomic E-state index is 12.3. The van der Waals surface area contributed by atoms with Crippen LogP contribution in [-0.2, 0) is 11.3 Å². The third-order valence-electron chi connectivity index (χ3n) is 4.30. The van der Waals surface area contributed by atoms with Gasteiger partial charge in [0.2, 0.25) is 5.91 Å². The van der Waals surface area contributed by atoms with Crippen LogP contribution in [0.25, 0.3) is 0 Å². The Morgan fingerprint density at radius 2 is 2.16 bits per heavy atom. The molecule has 0 heterocycles. The summed E-state index contributed by atoms with van der Waals surface area (Å²) in [5.41, 5.74) is 8.33. The minimum atomic E-state index is 0.0952. The molecular weight excluding hydrogens is 236 g/mol. The number of hydrogen-bond donors (Lipinski definition) is 1. The summed E-state index contributed by atoms with van der Waals surface area (Å²) in [6.07, 6.45) is 4.03. The minimum absolute atomic E-state index is 0.0952. The number of benzene rings is 1. The van der Waals surface area contributed by atoms with E-state index in [1.54, 1.807) is 0 Å². The van der Waals surface area contributed by atoms with Crippen LogP contribution in [0.5, 0.6) is 0 Å². The van der Waals surface area contributed by atoms with Crippen molar-refractivity contribution in [2.24, 2.45) is 11.1 Å². The first-order chi connectivity index (χ1) is 9.04. The molecule has 2 N–H and O–H groups in total. The van der Waals surface area contributed by atoms with Gasteiger partial charge in [-0.25, -0.2) is 0 Å². The van der Waals surface area contributed by atoms with Crippen molar-refractivity contribution in [1.29, 1.82) is 0 Å². The van der Waals surface area contributed by atoms with E-state index in [4.69, 9.17) is 5.73 Å². The molecule has 1 aromatic carbocycles. The Balaban J connectivity index is 1.92. The molecule has 1 saturated carbocycles. The highest BCUT2D eigenvalue weighted by atomic mass is 16.2. The molecule has 0 aliphatic heterocycles. The summed E-state index contributed by atoms with van der Waals surface area (Å²) >= 11 is 0. The fourth-order valence-electron chi connectivity index (χ4n) is 2.76. The quantitative estimate of drug-likeness (QED) is 0.884. The average Bonchev–Trinajstić information content (AvgIpc) is 2.33. The highest BCUT2D eigenvalue weighted by molar-refractivity contribution is 5.76. The van der Waals surface area contributed by atoms with Crippen molar-refractivity contribution in [1.82, 2.24) is 4.90 Å². The number of rotatable bonds is 5. The zero-order valence-corrected chi connectivity index (χ0v) is 12.0. The maximum Gasteiger partial charge on any atom is 0.223 e. The van der Waals surface area contributed by atoms with Crippen LogP contribution in [-0.4, -0.2) is 24.4 Å². The highest BCUT2D eigenvalue weighted by Gasteiger charge is 2.38. The van der Waals surface area contributed by atoms with Crippen LogP contribution in [0.1, 0.15) is 36.8 Å². The van der Waals surface area contributed by atoms with E-state index in [9.17, 15) is 4.79 Å². The molecule has 0 unspecified atom stereocenters. The lowest BCUT2D eigenvalue weighted by Gasteiger charge is -2.41. The van der Waals surface area contributed by atoms with Crippen LogP contribution >= 0.6 is 0 Å². The molecule has 1 aliphatic carbocycles. The molecule has 3 nitrogen and oxygen atoms in total. The van der Waals surface area contributed by atoms with E-state index in [1.165, 1.54) is 17.5 Å². The Morgan fingerprint density at radius 3 is 2.68 bits per heavy atom. The maximum atomic E-state index is 12.3. The SMILES string of the molecule is Cc1cccc(CN(C)C(=O)CC2(CN)CCC2)c1. The fraction of sp³-hybridized carbons (Fsp3) is 0.562. The van der Waals surface area contributed by atoms with Crippen LogP contribution < -0.4 is 5.73 Å². The lowest BCUT2D eigenvalue weighted by atomic mass is 9.66. The van der Waals surface area contributed by atoms with Gasteiger partial charge in [0.25, 0.3) is 0 Å². The van der Waals surface area contributed by atoms with Gasteiger partial charge in [0.1, 0.15) is 0 Å². The van der Waals surface area contributed by atoms with Gasteiger partial charge in [0.05, 0.1) is 0 Å². The second kappa shape index (κ2) is 5.74. The predicted octanol–water partition coefficient (Wildman–Crippen LogP) is 2.47. The van der Waals surface area contributed by atoms with Crippen LogP contribution in [0.3, 0.4) is 0 Å².